The van der Waals surface area contributed by atoms with E-state index in [-0.39, 0.29) is 5.56 Å². The van der Waals surface area contributed by atoms with Crippen LogP contribution in [-0.4, -0.2) is 18.1 Å². The number of hydrogen-bond donors (Lipinski definition) is 1. The van der Waals surface area contributed by atoms with Gasteiger partial charge in [-0.3, -0.25) is 0 Å². The number of nitrogens with zero attached hydrogens (tertiary/aromatic N) is 3. The van der Waals surface area contributed by atoms with E-state index in [0.717, 1.165) is 24.5 Å². The Bertz CT molecular complexity index is 713. The summed E-state index contributed by atoms with van der Waals surface area (Å²) < 4.78 is 13.6. The van der Waals surface area contributed by atoms with Crippen LogP contribution < -0.4 is 10.2 Å². The number of rotatable bonds is 4. The summed E-state index contributed by atoms with van der Waals surface area (Å²) in [5, 5.41) is 12.2. The van der Waals surface area contributed by atoms with Gasteiger partial charge in [-0.2, -0.15) is 5.26 Å². The van der Waals surface area contributed by atoms with E-state index in [4.69, 9.17) is 5.26 Å². The van der Waals surface area contributed by atoms with E-state index in [0.29, 0.717) is 12.2 Å². The third-order valence-electron chi connectivity index (χ3n) is 4.35. The van der Waals surface area contributed by atoms with Gasteiger partial charge in [-0.25, -0.2) is 9.37 Å². The number of anilines is 2. The number of pyridine rings is 1. The highest BCUT2D eigenvalue weighted by Gasteiger charge is 2.11. The standard InChI is InChI=1S/C19H21FN4/c20-17-6-5-7-18(16(17)12-21)22-13-15-8-9-19(23-14-15)24-10-3-1-2-4-11-24/h5-9,14,22H,1-4,10-11,13H2. The molecule has 1 saturated heterocycles. The van der Waals surface area contributed by atoms with Crippen LogP contribution in [0, 0.1) is 17.1 Å². The summed E-state index contributed by atoms with van der Waals surface area (Å²) in [6.45, 7) is 2.64. The molecule has 2 heterocycles. The third kappa shape index (κ3) is 3.83. The highest BCUT2D eigenvalue weighted by Crippen LogP contribution is 2.20. The summed E-state index contributed by atoms with van der Waals surface area (Å²) >= 11 is 0. The molecule has 0 bridgehead atoms. The number of nitriles is 1. The Balaban J connectivity index is 1.64. The normalized spacial score (nSPS) is 14.8. The van der Waals surface area contributed by atoms with Crippen molar-refractivity contribution in [2.24, 2.45) is 0 Å². The molecule has 0 unspecified atom stereocenters. The van der Waals surface area contributed by atoms with Gasteiger partial charge in [0.25, 0.3) is 0 Å². The van der Waals surface area contributed by atoms with E-state index in [1.54, 1.807) is 12.1 Å². The molecule has 4 nitrogen and oxygen atoms in total. The average molecular weight is 324 g/mol. The van der Waals surface area contributed by atoms with Crippen LogP contribution in [0.4, 0.5) is 15.9 Å². The Morgan fingerprint density at radius 3 is 2.58 bits per heavy atom. The first-order valence-corrected chi connectivity index (χ1v) is 8.40. The fourth-order valence-electron chi connectivity index (χ4n) is 2.99. The van der Waals surface area contributed by atoms with Crippen molar-refractivity contribution in [3.8, 4) is 6.07 Å². The summed E-state index contributed by atoms with van der Waals surface area (Å²) in [6.07, 6.45) is 6.89. The molecule has 24 heavy (non-hydrogen) atoms. The molecule has 0 atom stereocenters. The van der Waals surface area contributed by atoms with Crippen molar-refractivity contribution in [3.05, 3.63) is 53.5 Å². The zero-order valence-electron chi connectivity index (χ0n) is 13.6. The van der Waals surface area contributed by atoms with Gasteiger partial charge in [-0.15, -0.1) is 0 Å². The monoisotopic (exact) mass is 324 g/mol. The maximum Gasteiger partial charge on any atom is 0.143 e. The molecule has 0 aliphatic carbocycles. The van der Waals surface area contributed by atoms with Crippen molar-refractivity contribution in [2.75, 3.05) is 23.3 Å². The van der Waals surface area contributed by atoms with Gasteiger partial charge in [0.2, 0.25) is 0 Å². The molecular formula is C19H21FN4. The Hall–Kier alpha value is -2.61. The van der Waals surface area contributed by atoms with Gasteiger partial charge in [0, 0.05) is 25.8 Å². The topological polar surface area (TPSA) is 52.0 Å². The molecule has 0 amide bonds. The highest BCUT2D eigenvalue weighted by atomic mass is 19.1. The van der Waals surface area contributed by atoms with E-state index in [2.05, 4.69) is 15.2 Å². The van der Waals surface area contributed by atoms with Gasteiger partial charge in [0.05, 0.1) is 5.69 Å². The average Bonchev–Trinajstić information content (AvgIpc) is 2.90. The maximum atomic E-state index is 13.6. The minimum Gasteiger partial charge on any atom is -0.380 e. The van der Waals surface area contributed by atoms with Crippen LogP contribution in [0.1, 0.15) is 36.8 Å². The Kier molecular flexibility index (Phi) is 5.27. The van der Waals surface area contributed by atoms with Crippen molar-refractivity contribution < 1.29 is 4.39 Å². The third-order valence-corrected chi connectivity index (χ3v) is 4.35. The molecular weight excluding hydrogens is 303 g/mol. The number of hydrogen-bond acceptors (Lipinski definition) is 4. The first kappa shape index (κ1) is 16.3. The van der Waals surface area contributed by atoms with E-state index in [1.807, 2.05) is 24.4 Å². The molecule has 124 valence electrons. The van der Waals surface area contributed by atoms with Crippen molar-refractivity contribution in [2.45, 2.75) is 32.2 Å². The van der Waals surface area contributed by atoms with Crippen LogP contribution in [0.2, 0.25) is 0 Å². The molecule has 1 aromatic carbocycles. The van der Waals surface area contributed by atoms with E-state index in [9.17, 15) is 4.39 Å². The SMILES string of the molecule is N#Cc1c(F)cccc1NCc1ccc(N2CCCCCC2)nc1. The van der Waals surface area contributed by atoms with Gasteiger partial charge in [-0.1, -0.05) is 25.0 Å². The van der Waals surface area contributed by atoms with Crippen LogP contribution in [0.15, 0.2) is 36.5 Å². The van der Waals surface area contributed by atoms with Gasteiger partial charge in [0.15, 0.2) is 0 Å². The highest BCUT2D eigenvalue weighted by molar-refractivity contribution is 5.58. The molecule has 2 aromatic rings. The second-order valence-electron chi connectivity index (χ2n) is 6.05. The zero-order chi connectivity index (χ0) is 16.8. The van der Waals surface area contributed by atoms with Crippen molar-refractivity contribution >= 4 is 11.5 Å². The lowest BCUT2D eigenvalue weighted by atomic mass is 10.1. The first-order valence-electron chi connectivity index (χ1n) is 8.40. The minimum atomic E-state index is -0.503. The Labute approximate surface area is 141 Å². The van der Waals surface area contributed by atoms with E-state index < -0.39 is 5.82 Å². The lowest BCUT2D eigenvalue weighted by Crippen LogP contribution is -2.24. The van der Waals surface area contributed by atoms with Crippen LogP contribution in [0.5, 0.6) is 0 Å². The summed E-state index contributed by atoms with van der Waals surface area (Å²) in [4.78, 5) is 6.90. The minimum absolute atomic E-state index is 0.0478. The van der Waals surface area contributed by atoms with Gasteiger partial charge in [-0.05, 0) is 36.6 Å². The molecule has 1 fully saturated rings. The number of benzene rings is 1. The summed E-state index contributed by atoms with van der Waals surface area (Å²) in [6, 6.07) is 10.6. The molecule has 0 saturated carbocycles. The summed E-state index contributed by atoms with van der Waals surface area (Å²) in [5.74, 6) is 0.515. The number of halogens is 1. The predicted octanol–water partition coefficient (Wildman–Crippen LogP) is 4.08. The predicted molar refractivity (Wildman–Crippen MR) is 93.4 cm³/mol. The molecule has 1 N–H and O–H groups in total. The summed E-state index contributed by atoms with van der Waals surface area (Å²) in [7, 11) is 0. The molecule has 1 aromatic heterocycles. The molecule has 1 aliphatic rings. The van der Waals surface area contributed by atoms with Gasteiger partial charge >= 0.3 is 0 Å². The first-order chi connectivity index (χ1) is 11.8. The lowest BCUT2D eigenvalue weighted by molar-refractivity contribution is 0.624. The summed E-state index contributed by atoms with van der Waals surface area (Å²) in [5.41, 5.74) is 1.56. The van der Waals surface area contributed by atoms with Gasteiger partial charge in [0.1, 0.15) is 23.3 Å². The van der Waals surface area contributed by atoms with Gasteiger partial charge < -0.3 is 10.2 Å². The zero-order valence-corrected chi connectivity index (χ0v) is 13.6. The second-order valence-corrected chi connectivity index (χ2v) is 6.05. The maximum absolute atomic E-state index is 13.6. The fourth-order valence-corrected chi connectivity index (χ4v) is 2.99. The smallest absolute Gasteiger partial charge is 0.143 e. The van der Waals surface area contributed by atoms with Crippen molar-refractivity contribution in [1.82, 2.24) is 4.98 Å². The second kappa shape index (κ2) is 7.78. The molecule has 1 aliphatic heterocycles. The van der Waals surface area contributed by atoms with E-state index in [1.165, 1.54) is 31.7 Å². The van der Waals surface area contributed by atoms with Crippen LogP contribution >= 0.6 is 0 Å². The quantitative estimate of drug-likeness (QED) is 0.920. The largest absolute Gasteiger partial charge is 0.380 e. The fraction of sp³-hybridized carbons (Fsp3) is 0.368. The molecule has 5 heteroatoms. The van der Waals surface area contributed by atoms with Crippen molar-refractivity contribution in [1.29, 1.82) is 5.26 Å². The van der Waals surface area contributed by atoms with Crippen LogP contribution in [0.3, 0.4) is 0 Å². The number of nitrogens with one attached hydrogen (secondary N) is 1. The van der Waals surface area contributed by atoms with Crippen LogP contribution in [-0.2, 0) is 6.54 Å². The van der Waals surface area contributed by atoms with E-state index >= 15 is 0 Å². The lowest BCUT2D eigenvalue weighted by Gasteiger charge is -2.21. The molecule has 3 rings (SSSR count). The molecule has 0 radical (unpaired) electrons. The van der Waals surface area contributed by atoms with Crippen LogP contribution in [0.25, 0.3) is 0 Å². The Morgan fingerprint density at radius 1 is 1.12 bits per heavy atom. The van der Waals surface area contributed by atoms with Crippen molar-refractivity contribution in [3.63, 3.8) is 0 Å². The number of aromatic nitrogens is 1. The Morgan fingerprint density at radius 2 is 1.92 bits per heavy atom. The molecule has 0 spiro atoms.